The molecule has 1 saturated carbocycles. The van der Waals surface area contributed by atoms with Crippen LogP contribution in [-0.2, 0) is 0 Å². The topological polar surface area (TPSA) is 21.3 Å². The molecule has 1 heterocycles. The maximum absolute atomic E-state index is 5.76. The molecule has 1 aromatic rings. The van der Waals surface area contributed by atoms with Crippen molar-refractivity contribution in [2.24, 2.45) is 11.3 Å². The zero-order valence-electron chi connectivity index (χ0n) is 13.7. The lowest BCUT2D eigenvalue weighted by Crippen LogP contribution is -2.39. The van der Waals surface area contributed by atoms with Crippen LogP contribution >= 0.6 is 0 Å². The molecule has 1 aliphatic carbocycles. The quantitative estimate of drug-likeness (QED) is 0.851. The normalized spacial score (nSPS) is 29.6. The van der Waals surface area contributed by atoms with E-state index >= 15 is 0 Å². The Hall–Kier alpha value is -1.02. The lowest BCUT2D eigenvalue weighted by atomic mass is 9.71. The zero-order valence-corrected chi connectivity index (χ0v) is 13.7. The smallest absolute Gasteiger partial charge is 0.124 e. The van der Waals surface area contributed by atoms with Gasteiger partial charge in [0.05, 0.1) is 6.61 Å². The second-order valence-electron chi connectivity index (χ2n) is 7.81. The molecule has 0 aromatic heterocycles. The molecule has 2 heteroatoms. The summed E-state index contributed by atoms with van der Waals surface area (Å²) in [5.41, 5.74) is 1.82. The molecule has 1 unspecified atom stereocenters. The van der Waals surface area contributed by atoms with Gasteiger partial charge in [0.2, 0.25) is 0 Å². The van der Waals surface area contributed by atoms with Crippen LogP contribution in [0.25, 0.3) is 0 Å². The Kier molecular flexibility index (Phi) is 4.26. The fourth-order valence-corrected chi connectivity index (χ4v) is 3.93. The van der Waals surface area contributed by atoms with E-state index in [9.17, 15) is 0 Å². The number of nitrogens with one attached hydrogen (secondary N) is 1. The number of para-hydroxylation sites is 1. The van der Waals surface area contributed by atoms with Gasteiger partial charge in [0, 0.05) is 24.1 Å². The minimum atomic E-state index is 0.469. The molecule has 1 aliphatic heterocycles. The van der Waals surface area contributed by atoms with Crippen LogP contribution in [0, 0.1) is 11.3 Å². The van der Waals surface area contributed by atoms with E-state index in [2.05, 4.69) is 50.4 Å². The van der Waals surface area contributed by atoms with Crippen molar-refractivity contribution in [1.29, 1.82) is 0 Å². The van der Waals surface area contributed by atoms with E-state index in [1.807, 2.05) is 0 Å². The third-order valence-electron chi connectivity index (χ3n) is 5.35. The predicted molar refractivity (Wildman–Crippen MR) is 87.6 cm³/mol. The van der Waals surface area contributed by atoms with Crippen LogP contribution in [0.2, 0.25) is 0 Å². The Bertz CT molecular complexity index is 469. The molecule has 1 atom stereocenters. The van der Waals surface area contributed by atoms with Gasteiger partial charge in [-0.1, -0.05) is 39.0 Å². The highest BCUT2D eigenvalue weighted by Crippen LogP contribution is 2.39. The molecule has 2 nitrogen and oxygen atoms in total. The van der Waals surface area contributed by atoms with E-state index in [0.29, 0.717) is 17.5 Å². The van der Waals surface area contributed by atoms with E-state index in [1.165, 1.54) is 31.2 Å². The van der Waals surface area contributed by atoms with Gasteiger partial charge in [0.25, 0.3) is 0 Å². The van der Waals surface area contributed by atoms with Crippen LogP contribution in [0.15, 0.2) is 24.3 Å². The second-order valence-corrected chi connectivity index (χ2v) is 7.81. The van der Waals surface area contributed by atoms with Crippen LogP contribution in [-0.4, -0.2) is 12.6 Å². The van der Waals surface area contributed by atoms with Crippen molar-refractivity contribution in [2.45, 2.75) is 65.0 Å². The molecule has 1 fully saturated rings. The highest BCUT2D eigenvalue weighted by molar-refractivity contribution is 5.37. The van der Waals surface area contributed by atoms with Gasteiger partial charge in [0.15, 0.2) is 0 Å². The van der Waals surface area contributed by atoms with Crippen molar-refractivity contribution in [3.05, 3.63) is 29.8 Å². The van der Waals surface area contributed by atoms with Crippen LogP contribution in [0.3, 0.4) is 0 Å². The second kappa shape index (κ2) is 6.00. The van der Waals surface area contributed by atoms with E-state index < -0.39 is 0 Å². The first-order chi connectivity index (χ1) is 10.0. The molecule has 0 amide bonds. The summed E-state index contributed by atoms with van der Waals surface area (Å²) in [5, 5.41) is 3.91. The highest BCUT2D eigenvalue weighted by atomic mass is 16.5. The first-order valence-electron chi connectivity index (χ1n) is 8.52. The van der Waals surface area contributed by atoms with Gasteiger partial charge in [0.1, 0.15) is 5.75 Å². The Balaban J connectivity index is 1.59. The number of rotatable bonds is 2. The molecular weight excluding hydrogens is 258 g/mol. The summed E-state index contributed by atoms with van der Waals surface area (Å²) in [5.74, 6) is 1.96. The Morgan fingerprint density at radius 2 is 1.71 bits per heavy atom. The first kappa shape index (κ1) is 14.9. The molecule has 1 aromatic carbocycles. The summed E-state index contributed by atoms with van der Waals surface area (Å²) in [4.78, 5) is 0. The minimum Gasteiger partial charge on any atom is -0.493 e. The van der Waals surface area contributed by atoms with Crippen molar-refractivity contribution in [3.63, 3.8) is 0 Å². The average Bonchev–Trinajstić information content (AvgIpc) is 2.47. The molecule has 3 rings (SSSR count). The third-order valence-corrected chi connectivity index (χ3v) is 5.35. The summed E-state index contributed by atoms with van der Waals surface area (Å²) in [6.45, 7) is 8.01. The number of hydrogen-bond donors (Lipinski definition) is 1. The Morgan fingerprint density at radius 1 is 1.00 bits per heavy atom. The van der Waals surface area contributed by atoms with Crippen molar-refractivity contribution < 1.29 is 4.74 Å². The minimum absolute atomic E-state index is 0.469. The van der Waals surface area contributed by atoms with Gasteiger partial charge in [-0.3, -0.25) is 0 Å². The SMILES string of the molecule is CC(C)(C)C1CCC(NC2CCOc3ccccc32)CC1. The average molecular weight is 287 g/mol. The maximum Gasteiger partial charge on any atom is 0.124 e. The molecule has 0 radical (unpaired) electrons. The molecule has 0 saturated heterocycles. The number of ether oxygens (including phenoxy) is 1. The summed E-state index contributed by atoms with van der Waals surface area (Å²) in [7, 11) is 0. The van der Waals surface area contributed by atoms with E-state index in [4.69, 9.17) is 4.74 Å². The lowest BCUT2D eigenvalue weighted by Gasteiger charge is -2.39. The predicted octanol–water partition coefficient (Wildman–Crippen LogP) is 4.70. The molecule has 0 spiro atoms. The van der Waals surface area contributed by atoms with Crippen molar-refractivity contribution >= 4 is 0 Å². The van der Waals surface area contributed by atoms with Crippen molar-refractivity contribution in [1.82, 2.24) is 5.32 Å². The standard InChI is InChI=1S/C19H29NO/c1-19(2,3)14-8-10-15(11-9-14)20-17-12-13-21-18-7-5-4-6-16(17)18/h4-7,14-15,17,20H,8-13H2,1-3H3. The fourth-order valence-electron chi connectivity index (χ4n) is 3.93. The van der Waals surface area contributed by atoms with E-state index in [-0.39, 0.29) is 0 Å². The number of benzene rings is 1. The van der Waals surface area contributed by atoms with Crippen LogP contribution in [0.5, 0.6) is 5.75 Å². The fraction of sp³-hybridized carbons (Fsp3) is 0.684. The van der Waals surface area contributed by atoms with E-state index in [1.54, 1.807) is 0 Å². The van der Waals surface area contributed by atoms with Gasteiger partial charge in [-0.2, -0.15) is 0 Å². The van der Waals surface area contributed by atoms with Gasteiger partial charge >= 0.3 is 0 Å². The molecule has 0 bridgehead atoms. The van der Waals surface area contributed by atoms with Crippen LogP contribution < -0.4 is 10.1 Å². The zero-order chi connectivity index (χ0) is 14.9. The van der Waals surface area contributed by atoms with Crippen molar-refractivity contribution in [2.75, 3.05) is 6.61 Å². The summed E-state index contributed by atoms with van der Waals surface area (Å²) >= 11 is 0. The monoisotopic (exact) mass is 287 g/mol. The van der Waals surface area contributed by atoms with Crippen molar-refractivity contribution in [3.8, 4) is 5.75 Å². The van der Waals surface area contributed by atoms with Gasteiger partial charge in [-0.05, 0) is 43.1 Å². The number of fused-ring (bicyclic) bond motifs is 1. The largest absolute Gasteiger partial charge is 0.493 e. The Morgan fingerprint density at radius 3 is 2.43 bits per heavy atom. The van der Waals surface area contributed by atoms with Gasteiger partial charge in [-0.15, -0.1) is 0 Å². The highest BCUT2D eigenvalue weighted by Gasteiger charge is 2.31. The van der Waals surface area contributed by atoms with Gasteiger partial charge in [-0.25, -0.2) is 0 Å². The van der Waals surface area contributed by atoms with Crippen LogP contribution in [0.4, 0.5) is 0 Å². The van der Waals surface area contributed by atoms with E-state index in [0.717, 1.165) is 24.7 Å². The molecule has 116 valence electrons. The van der Waals surface area contributed by atoms with Gasteiger partial charge < -0.3 is 10.1 Å². The van der Waals surface area contributed by atoms with Crippen LogP contribution in [0.1, 0.15) is 64.5 Å². The lowest BCUT2D eigenvalue weighted by molar-refractivity contribution is 0.150. The summed E-state index contributed by atoms with van der Waals surface area (Å²) in [6, 6.07) is 9.66. The molecule has 1 N–H and O–H groups in total. The number of hydrogen-bond acceptors (Lipinski definition) is 2. The maximum atomic E-state index is 5.76. The molecule has 21 heavy (non-hydrogen) atoms. The molecule has 2 aliphatic rings. The third kappa shape index (κ3) is 3.42. The first-order valence-corrected chi connectivity index (χ1v) is 8.52. The summed E-state index contributed by atoms with van der Waals surface area (Å²) < 4.78 is 5.76. The summed E-state index contributed by atoms with van der Waals surface area (Å²) in [6.07, 6.45) is 6.47. The molecular formula is C19H29NO. The Labute approximate surface area is 129 Å².